The van der Waals surface area contributed by atoms with Crippen LogP contribution in [0.4, 0.5) is 16.2 Å². The van der Waals surface area contributed by atoms with Crippen LogP contribution in [0.2, 0.25) is 0 Å². The van der Waals surface area contributed by atoms with Crippen molar-refractivity contribution in [2.24, 2.45) is 0 Å². The topological polar surface area (TPSA) is 123 Å². The fraction of sp³-hybridized carbons (Fsp3) is 0.238. The summed E-state index contributed by atoms with van der Waals surface area (Å²) in [4.78, 5) is 36.1. The fourth-order valence-corrected chi connectivity index (χ4v) is 3.29. The molecule has 2 aromatic rings. The number of anilines is 1. The average molecular weight is 410 g/mol. The van der Waals surface area contributed by atoms with E-state index in [-0.39, 0.29) is 11.3 Å². The molecule has 156 valence electrons. The standard InChI is InChI=1S/C21H22N4O5/c1-4-30-17-10-9-14(25(28)29)11-15(17)19-18(13(3)22-21(27)24-19)20(26)23-16-8-6-5-7-12(16)2/h5-11,19H,4H2,1-3H3,(H,23,26)(H2,22,24,27). The van der Waals surface area contributed by atoms with E-state index in [9.17, 15) is 19.7 Å². The summed E-state index contributed by atoms with van der Waals surface area (Å²) < 4.78 is 5.61. The number of rotatable bonds is 6. The van der Waals surface area contributed by atoms with E-state index in [1.807, 2.05) is 19.1 Å². The summed E-state index contributed by atoms with van der Waals surface area (Å²) in [5.74, 6) is -0.0856. The van der Waals surface area contributed by atoms with E-state index in [0.717, 1.165) is 5.56 Å². The normalized spacial score (nSPS) is 15.8. The van der Waals surface area contributed by atoms with E-state index in [0.29, 0.717) is 29.3 Å². The minimum atomic E-state index is -0.927. The van der Waals surface area contributed by atoms with Crippen molar-refractivity contribution in [3.05, 3.63) is 75.0 Å². The quantitative estimate of drug-likeness (QED) is 0.496. The molecule has 0 fully saturated rings. The summed E-state index contributed by atoms with van der Waals surface area (Å²) in [7, 11) is 0. The number of hydrogen-bond donors (Lipinski definition) is 3. The molecule has 3 amide bonds. The second-order valence-corrected chi connectivity index (χ2v) is 6.75. The molecule has 0 saturated heterocycles. The monoisotopic (exact) mass is 410 g/mol. The Morgan fingerprint density at radius 2 is 1.97 bits per heavy atom. The number of hydrogen-bond acceptors (Lipinski definition) is 5. The molecule has 0 aliphatic carbocycles. The highest BCUT2D eigenvalue weighted by atomic mass is 16.6. The number of benzene rings is 2. The van der Waals surface area contributed by atoms with Crippen molar-refractivity contribution in [3.8, 4) is 5.75 Å². The molecule has 1 aliphatic rings. The zero-order chi connectivity index (χ0) is 21.8. The maximum absolute atomic E-state index is 13.2. The molecule has 1 aliphatic heterocycles. The maximum Gasteiger partial charge on any atom is 0.319 e. The number of nitrogens with zero attached hydrogens (tertiary/aromatic N) is 1. The lowest BCUT2D eigenvalue weighted by atomic mass is 9.93. The van der Waals surface area contributed by atoms with Crippen LogP contribution >= 0.6 is 0 Å². The van der Waals surface area contributed by atoms with Crippen LogP contribution in [0.15, 0.2) is 53.7 Å². The third-order valence-corrected chi connectivity index (χ3v) is 4.72. The first-order valence-electron chi connectivity index (χ1n) is 9.38. The average Bonchev–Trinajstić information content (AvgIpc) is 2.69. The Morgan fingerprint density at radius 3 is 2.63 bits per heavy atom. The van der Waals surface area contributed by atoms with Crippen LogP contribution in [0.1, 0.15) is 31.0 Å². The van der Waals surface area contributed by atoms with E-state index in [1.165, 1.54) is 18.2 Å². The van der Waals surface area contributed by atoms with Gasteiger partial charge in [-0.2, -0.15) is 0 Å². The van der Waals surface area contributed by atoms with Gasteiger partial charge in [-0.3, -0.25) is 14.9 Å². The number of nitro benzene ring substituents is 1. The number of carbonyl (C=O) groups excluding carboxylic acids is 2. The highest BCUT2D eigenvalue weighted by Gasteiger charge is 2.34. The molecule has 0 radical (unpaired) electrons. The van der Waals surface area contributed by atoms with Gasteiger partial charge in [0.25, 0.3) is 11.6 Å². The van der Waals surface area contributed by atoms with E-state index in [1.54, 1.807) is 26.0 Å². The highest BCUT2D eigenvalue weighted by Crippen LogP contribution is 2.36. The smallest absolute Gasteiger partial charge is 0.319 e. The van der Waals surface area contributed by atoms with Crippen molar-refractivity contribution < 1.29 is 19.2 Å². The van der Waals surface area contributed by atoms with Crippen molar-refractivity contribution in [1.82, 2.24) is 10.6 Å². The molecule has 9 nitrogen and oxygen atoms in total. The number of non-ortho nitro benzene ring substituents is 1. The lowest BCUT2D eigenvalue weighted by Crippen LogP contribution is -2.46. The number of amides is 3. The number of carbonyl (C=O) groups is 2. The van der Waals surface area contributed by atoms with E-state index in [2.05, 4.69) is 16.0 Å². The van der Waals surface area contributed by atoms with Crippen molar-refractivity contribution in [2.75, 3.05) is 11.9 Å². The molecule has 1 unspecified atom stereocenters. The van der Waals surface area contributed by atoms with Crippen molar-refractivity contribution in [3.63, 3.8) is 0 Å². The molecule has 3 rings (SSSR count). The number of ether oxygens (including phenoxy) is 1. The van der Waals surface area contributed by atoms with Gasteiger partial charge in [0.1, 0.15) is 5.75 Å². The number of aryl methyl sites for hydroxylation is 1. The second kappa shape index (κ2) is 8.64. The van der Waals surface area contributed by atoms with Crippen LogP contribution in [0.5, 0.6) is 5.75 Å². The molecular weight excluding hydrogens is 388 g/mol. The Hall–Kier alpha value is -3.88. The maximum atomic E-state index is 13.2. The first-order valence-corrected chi connectivity index (χ1v) is 9.38. The van der Waals surface area contributed by atoms with Crippen molar-refractivity contribution >= 4 is 23.3 Å². The Bertz CT molecular complexity index is 1050. The molecule has 3 N–H and O–H groups in total. The molecule has 1 heterocycles. The van der Waals surface area contributed by atoms with Gasteiger partial charge in [0.15, 0.2) is 0 Å². The van der Waals surface area contributed by atoms with Crippen LogP contribution < -0.4 is 20.7 Å². The van der Waals surface area contributed by atoms with E-state index < -0.39 is 22.9 Å². The first-order chi connectivity index (χ1) is 14.3. The van der Waals surface area contributed by atoms with Gasteiger partial charge in [-0.1, -0.05) is 18.2 Å². The largest absolute Gasteiger partial charge is 0.493 e. The summed E-state index contributed by atoms with van der Waals surface area (Å²) in [6.07, 6.45) is 0. The van der Waals surface area contributed by atoms with Crippen LogP contribution in [-0.2, 0) is 4.79 Å². The van der Waals surface area contributed by atoms with Crippen molar-refractivity contribution in [1.29, 1.82) is 0 Å². The minimum Gasteiger partial charge on any atom is -0.493 e. The molecule has 2 aromatic carbocycles. The van der Waals surface area contributed by atoms with Crippen LogP contribution in [0.3, 0.4) is 0 Å². The summed E-state index contributed by atoms with van der Waals surface area (Å²) in [6, 6.07) is 9.96. The van der Waals surface area contributed by atoms with Crippen LogP contribution in [0.25, 0.3) is 0 Å². The molecule has 0 bridgehead atoms. The number of allylic oxidation sites excluding steroid dienone is 1. The Kier molecular flexibility index (Phi) is 6.01. The van der Waals surface area contributed by atoms with Gasteiger partial charge in [0.2, 0.25) is 0 Å². The summed E-state index contributed by atoms with van der Waals surface area (Å²) in [6.45, 7) is 5.56. The number of nitro groups is 1. The molecular formula is C21H22N4O5. The Morgan fingerprint density at radius 1 is 1.23 bits per heavy atom. The van der Waals surface area contributed by atoms with Crippen LogP contribution in [-0.4, -0.2) is 23.5 Å². The lowest BCUT2D eigenvalue weighted by Gasteiger charge is -2.29. The van der Waals surface area contributed by atoms with E-state index in [4.69, 9.17) is 4.74 Å². The van der Waals surface area contributed by atoms with Gasteiger partial charge in [0, 0.05) is 29.1 Å². The van der Waals surface area contributed by atoms with Gasteiger partial charge in [-0.05, 0) is 38.5 Å². The van der Waals surface area contributed by atoms with Gasteiger partial charge >= 0.3 is 6.03 Å². The number of urea groups is 1. The SMILES string of the molecule is CCOc1ccc([N+](=O)[O-])cc1C1NC(=O)NC(C)=C1C(=O)Nc1ccccc1C. The predicted molar refractivity (Wildman–Crippen MR) is 111 cm³/mol. The van der Waals surface area contributed by atoms with Crippen LogP contribution in [0, 0.1) is 17.0 Å². The molecule has 9 heteroatoms. The minimum absolute atomic E-state index is 0.169. The molecule has 0 spiro atoms. The molecule has 0 aromatic heterocycles. The highest BCUT2D eigenvalue weighted by molar-refractivity contribution is 6.07. The predicted octanol–water partition coefficient (Wildman–Crippen LogP) is 3.57. The summed E-state index contributed by atoms with van der Waals surface area (Å²) >= 11 is 0. The Labute approximate surface area is 173 Å². The molecule has 0 saturated carbocycles. The number of nitrogens with one attached hydrogen (secondary N) is 3. The second-order valence-electron chi connectivity index (χ2n) is 6.75. The Balaban J connectivity index is 2.08. The van der Waals surface area contributed by atoms with Gasteiger partial charge in [-0.15, -0.1) is 0 Å². The van der Waals surface area contributed by atoms with Gasteiger partial charge in [0.05, 0.1) is 23.1 Å². The number of para-hydroxylation sites is 1. The molecule has 30 heavy (non-hydrogen) atoms. The third-order valence-electron chi connectivity index (χ3n) is 4.72. The lowest BCUT2D eigenvalue weighted by molar-refractivity contribution is -0.385. The van der Waals surface area contributed by atoms with Crippen molar-refractivity contribution in [2.45, 2.75) is 26.8 Å². The van der Waals surface area contributed by atoms with Gasteiger partial charge in [-0.25, -0.2) is 4.79 Å². The first kappa shape index (κ1) is 20.8. The molecule has 1 atom stereocenters. The van der Waals surface area contributed by atoms with Gasteiger partial charge < -0.3 is 20.7 Å². The summed E-state index contributed by atoms with van der Waals surface area (Å²) in [5, 5.41) is 19.4. The van der Waals surface area contributed by atoms with E-state index >= 15 is 0 Å². The fourth-order valence-electron chi connectivity index (χ4n) is 3.29. The zero-order valence-electron chi connectivity index (χ0n) is 16.8. The third kappa shape index (κ3) is 4.24. The summed E-state index contributed by atoms with van der Waals surface area (Å²) in [5.41, 5.74) is 2.25. The zero-order valence-corrected chi connectivity index (χ0v) is 16.8.